The number of aryl methyl sites for hydroxylation is 1. The molecule has 1 aromatic heterocycles. The molecule has 13 heavy (non-hydrogen) atoms. The third-order valence-corrected chi connectivity index (χ3v) is 1.95. The van der Waals surface area contributed by atoms with E-state index in [1.54, 1.807) is 0 Å². The molecule has 70 valence electrons. The summed E-state index contributed by atoms with van der Waals surface area (Å²) in [6, 6.07) is 5.99. The molecule has 0 radical (unpaired) electrons. The number of nitrogens with one attached hydrogen (secondary N) is 1. The van der Waals surface area contributed by atoms with Gasteiger partial charge in [0.2, 0.25) is 0 Å². The van der Waals surface area contributed by atoms with Crippen LogP contribution in [0.1, 0.15) is 18.3 Å². The fourth-order valence-electron chi connectivity index (χ4n) is 1.12. The van der Waals surface area contributed by atoms with Crippen LogP contribution in [0, 0.1) is 6.92 Å². The second kappa shape index (κ2) is 4.92. The third-order valence-electron chi connectivity index (χ3n) is 1.66. The minimum atomic E-state index is 0.741. The molecule has 0 aliphatic carbocycles. The van der Waals surface area contributed by atoms with Gasteiger partial charge in [-0.3, -0.25) is 4.98 Å². The second-order valence-corrected chi connectivity index (χ2v) is 3.39. The Balaban J connectivity index is 2.58. The molecule has 0 aromatic carbocycles. The Bertz CT molecular complexity index is 297. The molecule has 1 heterocycles. The fraction of sp³-hybridized carbons (Fsp3) is 0.400. The fourth-order valence-corrected chi connectivity index (χ4v) is 1.41. The third kappa shape index (κ3) is 3.51. The summed E-state index contributed by atoms with van der Waals surface area (Å²) >= 11 is 5.13. The van der Waals surface area contributed by atoms with Gasteiger partial charge in [-0.05, 0) is 26.0 Å². The van der Waals surface area contributed by atoms with Crippen LogP contribution in [0.5, 0.6) is 0 Å². The Morgan fingerprint density at radius 3 is 2.92 bits per heavy atom. The van der Waals surface area contributed by atoms with Gasteiger partial charge in [0.25, 0.3) is 0 Å². The van der Waals surface area contributed by atoms with E-state index in [-0.39, 0.29) is 0 Å². The predicted octanol–water partition coefficient (Wildman–Crippen LogP) is 1.87. The highest BCUT2D eigenvalue weighted by atomic mass is 32.1. The summed E-state index contributed by atoms with van der Waals surface area (Å²) in [5, 5.41) is 3.10. The van der Waals surface area contributed by atoms with Crippen LogP contribution < -0.4 is 5.32 Å². The quantitative estimate of drug-likeness (QED) is 0.744. The Morgan fingerprint density at radius 2 is 2.31 bits per heavy atom. The van der Waals surface area contributed by atoms with Crippen molar-refractivity contribution < 1.29 is 0 Å². The van der Waals surface area contributed by atoms with Crippen LogP contribution in [-0.4, -0.2) is 16.5 Å². The molecule has 1 aromatic rings. The summed E-state index contributed by atoms with van der Waals surface area (Å²) in [6.45, 7) is 4.90. The van der Waals surface area contributed by atoms with Gasteiger partial charge in [0.05, 0.1) is 4.99 Å². The molecule has 0 aliphatic heterocycles. The predicted molar refractivity (Wildman–Crippen MR) is 59.0 cm³/mol. The summed E-state index contributed by atoms with van der Waals surface area (Å²) in [5.74, 6) is 0. The van der Waals surface area contributed by atoms with Crippen molar-refractivity contribution in [3.63, 3.8) is 0 Å². The Labute approximate surface area is 84.4 Å². The average Bonchev–Trinajstić information content (AvgIpc) is 2.04. The lowest BCUT2D eigenvalue weighted by Gasteiger charge is -2.04. The van der Waals surface area contributed by atoms with Gasteiger partial charge in [-0.2, -0.15) is 0 Å². The van der Waals surface area contributed by atoms with Crippen molar-refractivity contribution in [2.24, 2.45) is 0 Å². The summed E-state index contributed by atoms with van der Waals surface area (Å²) in [4.78, 5) is 5.23. The molecule has 0 saturated heterocycles. The molecule has 0 bridgehead atoms. The number of pyridine rings is 1. The van der Waals surface area contributed by atoms with E-state index in [2.05, 4.69) is 10.3 Å². The van der Waals surface area contributed by atoms with Gasteiger partial charge in [-0.15, -0.1) is 0 Å². The highest BCUT2D eigenvalue weighted by molar-refractivity contribution is 7.80. The summed E-state index contributed by atoms with van der Waals surface area (Å²) < 4.78 is 0. The zero-order valence-corrected chi connectivity index (χ0v) is 8.82. The van der Waals surface area contributed by atoms with Crippen molar-refractivity contribution >= 4 is 17.2 Å². The number of rotatable bonds is 3. The van der Waals surface area contributed by atoms with E-state index in [4.69, 9.17) is 12.2 Å². The molecule has 0 atom stereocenters. The number of hydrogen-bond donors (Lipinski definition) is 1. The zero-order valence-electron chi connectivity index (χ0n) is 8.00. The maximum absolute atomic E-state index is 5.13. The normalized spacial score (nSPS) is 9.69. The van der Waals surface area contributed by atoms with Crippen molar-refractivity contribution in [3.05, 3.63) is 29.6 Å². The monoisotopic (exact) mass is 194 g/mol. The average molecular weight is 194 g/mol. The van der Waals surface area contributed by atoms with Gasteiger partial charge in [0.1, 0.15) is 0 Å². The lowest BCUT2D eigenvalue weighted by molar-refractivity contribution is 0.950. The van der Waals surface area contributed by atoms with E-state index in [1.807, 2.05) is 32.0 Å². The molecule has 0 unspecified atom stereocenters. The Kier molecular flexibility index (Phi) is 3.83. The zero-order chi connectivity index (χ0) is 9.68. The van der Waals surface area contributed by atoms with E-state index >= 15 is 0 Å². The summed E-state index contributed by atoms with van der Waals surface area (Å²) in [7, 11) is 0. The van der Waals surface area contributed by atoms with Crippen molar-refractivity contribution in [3.8, 4) is 0 Å². The Morgan fingerprint density at radius 1 is 1.54 bits per heavy atom. The van der Waals surface area contributed by atoms with Crippen LogP contribution in [0.4, 0.5) is 0 Å². The molecule has 1 N–H and O–H groups in total. The molecule has 0 amide bonds. The molecule has 0 aliphatic rings. The second-order valence-electron chi connectivity index (χ2n) is 2.90. The van der Waals surface area contributed by atoms with E-state index in [9.17, 15) is 0 Å². The van der Waals surface area contributed by atoms with Crippen LogP contribution in [-0.2, 0) is 6.42 Å². The first-order chi connectivity index (χ1) is 6.22. The molecule has 0 saturated carbocycles. The molecular weight excluding hydrogens is 180 g/mol. The van der Waals surface area contributed by atoms with Gasteiger partial charge in [0.15, 0.2) is 0 Å². The van der Waals surface area contributed by atoms with E-state index in [0.29, 0.717) is 0 Å². The highest BCUT2D eigenvalue weighted by Gasteiger charge is 1.98. The van der Waals surface area contributed by atoms with Gasteiger partial charge in [-0.1, -0.05) is 18.3 Å². The molecule has 2 nitrogen and oxygen atoms in total. The van der Waals surface area contributed by atoms with Crippen LogP contribution in [0.3, 0.4) is 0 Å². The minimum Gasteiger partial charge on any atom is -0.380 e. The van der Waals surface area contributed by atoms with Crippen molar-refractivity contribution in [2.45, 2.75) is 20.3 Å². The first-order valence-electron chi connectivity index (χ1n) is 4.41. The number of nitrogens with zero attached hydrogens (tertiary/aromatic N) is 1. The number of hydrogen-bond acceptors (Lipinski definition) is 2. The standard InChI is InChI=1S/C10H14N2S/c1-3-11-10(13)7-9-6-4-5-8(2)12-9/h4-6H,3,7H2,1-2H3,(H,11,13). The number of aromatic nitrogens is 1. The summed E-state index contributed by atoms with van der Waals surface area (Å²) in [5.41, 5.74) is 2.07. The van der Waals surface area contributed by atoms with E-state index < -0.39 is 0 Å². The van der Waals surface area contributed by atoms with Crippen molar-refractivity contribution in [1.82, 2.24) is 10.3 Å². The Hall–Kier alpha value is -0.960. The lowest BCUT2D eigenvalue weighted by Crippen LogP contribution is -2.22. The van der Waals surface area contributed by atoms with Gasteiger partial charge in [-0.25, -0.2) is 0 Å². The van der Waals surface area contributed by atoms with Crippen LogP contribution in [0.2, 0.25) is 0 Å². The maximum Gasteiger partial charge on any atom is 0.0813 e. The summed E-state index contributed by atoms with van der Waals surface area (Å²) in [6.07, 6.45) is 0.741. The molecule has 0 spiro atoms. The van der Waals surface area contributed by atoms with Crippen LogP contribution in [0.15, 0.2) is 18.2 Å². The number of likely N-dealkylation sites (N-methyl/N-ethyl adjacent to an activating group) is 1. The first-order valence-corrected chi connectivity index (χ1v) is 4.82. The van der Waals surface area contributed by atoms with E-state index in [0.717, 1.165) is 29.3 Å². The number of thiocarbonyl (C=S) groups is 1. The smallest absolute Gasteiger partial charge is 0.0813 e. The molecule has 0 fully saturated rings. The minimum absolute atomic E-state index is 0.741. The molecule has 3 heteroatoms. The largest absolute Gasteiger partial charge is 0.380 e. The van der Waals surface area contributed by atoms with Crippen LogP contribution in [0.25, 0.3) is 0 Å². The van der Waals surface area contributed by atoms with E-state index in [1.165, 1.54) is 0 Å². The van der Waals surface area contributed by atoms with Gasteiger partial charge >= 0.3 is 0 Å². The topological polar surface area (TPSA) is 24.9 Å². The first kappa shape index (κ1) is 10.1. The molecular formula is C10H14N2S. The van der Waals surface area contributed by atoms with Crippen LogP contribution >= 0.6 is 12.2 Å². The lowest BCUT2D eigenvalue weighted by atomic mass is 10.2. The van der Waals surface area contributed by atoms with Gasteiger partial charge in [0, 0.05) is 24.4 Å². The SMILES string of the molecule is CCNC(=S)Cc1cccc(C)n1. The molecule has 1 rings (SSSR count). The maximum atomic E-state index is 5.13. The van der Waals surface area contributed by atoms with Crippen molar-refractivity contribution in [1.29, 1.82) is 0 Å². The van der Waals surface area contributed by atoms with Gasteiger partial charge < -0.3 is 5.32 Å². The van der Waals surface area contributed by atoms with Crippen molar-refractivity contribution in [2.75, 3.05) is 6.54 Å². The highest BCUT2D eigenvalue weighted by Crippen LogP contribution is 1.99.